The lowest BCUT2D eigenvalue weighted by Crippen LogP contribution is -2.12. The predicted octanol–water partition coefficient (Wildman–Crippen LogP) is 9.91. The van der Waals surface area contributed by atoms with Gasteiger partial charge in [-0.1, -0.05) is 43.3 Å². The summed E-state index contributed by atoms with van der Waals surface area (Å²) in [4.78, 5) is 25.6. The molecule has 0 spiro atoms. The number of carbonyl (C=O) groups excluding carboxylic acids is 2. The first-order valence-electron chi connectivity index (χ1n) is 15.7. The molecule has 0 bridgehead atoms. The molecule has 254 valence electrons. The van der Waals surface area contributed by atoms with E-state index in [0.29, 0.717) is 33.4 Å². The normalized spacial score (nSPS) is 10.7. The molecule has 0 atom stereocenters. The molecular formula is C42H24F4N2O4. The van der Waals surface area contributed by atoms with E-state index < -0.39 is 52.3 Å². The third-order valence-corrected chi connectivity index (χ3v) is 8.38. The summed E-state index contributed by atoms with van der Waals surface area (Å²) < 4.78 is 70.5. The Hall–Kier alpha value is -7.04. The van der Waals surface area contributed by atoms with Gasteiger partial charge in [-0.05, 0) is 95.1 Å². The summed E-state index contributed by atoms with van der Waals surface area (Å²) in [6, 6.07) is 31.6. The number of carbonyl (C=O) groups is 2. The monoisotopic (exact) mass is 696 g/mol. The Bertz CT molecular complexity index is 2260. The molecule has 0 radical (unpaired) electrons. The van der Waals surface area contributed by atoms with Gasteiger partial charge in [-0.2, -0.15) is 10.5 Å². The first-order chi connectivity index (χ1) is 25.0. The Balaban J connectivity index is 1.11. The van der Waals surface area contributed by atoms with Gasteiger partial charge in [0.15, 0.2) is 0 Å². The van der Waals surface area contributed by atoms with Crippen LogP contribution in [0.2, 0.25) is 0 Å². The van der Waals surface area contributed by atoms with Crippen LogP contribution in [0.3, 0.4) is 0 Å². The summed E-state index contributed by atoms with van der Waals surface area (Å²) in [6.07, 6.45) is 0. The van der Waals surface area contributed by atoms with E-state index in [-0.39, 0.29) is 22.6 Å². The molecule has 0 aromatic heterocycles. The molecule has 6 rings (SSSR count). The van der Waals surface area contributed by atoms with Crippen molar-refractivity contribution >= 4 is 11.9 Å². The van der Waals surface area contributed by atoms with Crippen molar-refractivity contribution in [1.29, 1.82) is 10.5 Å². The van der Waals surface area contributed by atoms with Crippen LogP contribution in [-0.2, 0) is 0 Å². The SMILES string of the molecule is CC(c1ccc(C(=O)Oc2ccc(-c3ccc(C#N)cc3)c(F)c2)c(F)c1)c1ccc(C(=O)Oc2ccc(-c3ccc(C#N)cc3)c(F)c2)c(F)c1. The van der Waals surface area contributed by atoms with Crippen LogP contribution in [0.15, 0.2) is 121 Å². The zero-order valence-electron chi connectivity index (χ0n) is 27.2. The molecule has 6 aromatic carbocycles. The van der Waals surface area contributed by atoms with E-state index in [0.717, 1.165) is 24.3 Å². The number of hydrogen-bond donors (Lipinski definition) is 0. The van der Waals surface area contributed by atoms with Crippen molar-refractivity contribution in [3.05, 3.63) is 178 Å². The van der Waals surface area contributed by atoms with Gasteiger partial charge in [0.1, 0.15) is 34.8 Å². The number of halogens is 4. The van der Waals surface area contributed by atoms with Crippen LogP contribution >= 0.6 is 0 Å². The van der Waals surface area contributed by atoms with Crippen molar-refractivity contribution in [3.8, 4) is 45.9 Å². The second-order valence-electron chi connectivity index (χ2n) is 11.6. The number of nitrogens with zero attached hydrogens (tertiary/aromatic N) is 2. The van der Waals surface area contributed by atoms with Gasteiger partial charge in [-0.15, -0.1) is 0 Å². The zero-order valence-corrected chi connectivity index (χ0v) is 27.2. The third-order valence-electron chi connectivity index (χ3n) is 8.38. The van der Waals surface area contributed by atoms with Crippen LogP contribution < -0.4 is 9.47 Å². The van der Waals surface area contributed by atoms with E-state index >= 15 is 8.78 Å². The van der Waals surface area contributed by atoms with Crippen LogP contribution in [0, 0.1) is 45.9 Å². The molecule has 10 heteroatoms. The van der Waals surface area contributed by atoms with Gasteiger partial charge >= 0.3 is 11.9 Å². The molecule has 6 nitrogen and oxygen atoms in total. The minimum Gasteiger partial charge on any atom is -0.423 e. The minimum absolute atomic E-state index is 0.143. The standard InChI is InChI=1S/C42H24F4N2O4/c1-24(29-10-14-35(37(43)18-29)41(49)51-31-12-16-33(39(45)20-31)27-6-2-25(22-47)3-7-27)30-11-15-36(38(44)19-30)42(50)52-32-13-17-34(40(46)21-32)28-8-4-26(23-48)5-9-28/h2-21,24H,1H3. The number of ether oxygens (including phenoxy) is 2. The third kappa shape index (κ3) is 7.42. The maximum absolute atomic E-state index is 15.2. The fourth-order valence-corrected chi connectivity index (χ4v) is 5.48. The van der Waals surface area contributed by atoms with E-state index in [4.69, 9.17) is 20.0 Å². The van der Waals surface area contributed by atoms with Crippen LogP contribution in [0.25, 0.3) is 22.3 Å². The molecule has 0 aliphatic heterocycles. The highest BCUT2D eigenvalue weighted by molar-refractivity contribution is 5.92. The fraction of sp³-hybridized carbons (Fsp3) is 0.0476. The first-order valence-corrected chi connectivity index (χ1v) is 15.7. The molecule has 0 aliphatic carbocycles. The summed E-state index contributed by atoms with van der Waals surface area (Å²) in [6.45, 7) is 1.68. The average molecular weight is 697 g/mol. The van der Waals surface area contributed by atoms with Crippen molar-refractivity contribution in [2.75, 3.05) is 0 Å². The topological polar surface area (TPSA) is 100 Å². The van der Waals surface area contributed by atoms with Gasteiger partial charge in [0.2, 0.25) is 0 Å². The van der Waals surface area contributed by atoms with Gasteiger partial charge < -0.3 is 9.47 Å². The Morgan fingerprint density at radius 2 is 0.904 bits per heavy atom. The Labute approximate surface area is 295 Å². The van der Waals surface area contributed by atoms with Gasteiger partial charge in [0.25, 0.3) is 0 Å². The van der Waals surface area contributed by atoms with Crippen molar-refractivity contribution in [1.82, 2.24) is 0 Å². The molecular weight excluding hydrogens is 672 g/mol. The quantitative estimate of drug-likeness (QED) is 0.0892. The first kappa shape index (κ1) is 34.8. The molecule has 0 saturated heterocycles. The van der Waals surface area contributed by atoms with Gasteiger partial charge in [-0.25, -0.2) is 27.2 Å². The molecule has 0 saturated carbocycles. The molecule has 0 N–H and O–H groups in total. The minimum atomic E-state index is -1.06. The highest BCUT2D eigenvalue weighted by atomic mass is 19.1. The van der Waals surface area contributed by atoms with Crippen molar-refractivity contribution in [2.45, 2.75) is 12.8 Å². The van der Waals surface area contributed by atoms with Crippen LogP contribution in [0.1, 0.15) is 55.8 Å². The Morgan fingerprint density at radius 1 is 0.519 bits per heavy atom. The molecule has 52 heavy (non-hydrogen) atoms. The van der Waals surface area contributed by atoms with E-state index in [1.165, 1.54) is 48.5 Å². The molecule has 0 unspecified atom stereocenters. The summed E-state index contributed by atoms with van der Waals surface area (Å²) in [5.74, 6) is -6.17. The summed E-state index contributed by atoms with van der Waals surface area (Å²) in [5.41, 5.74) is 2.27. The zero-order chi connectivity index (χ0) is 36.9. The average Bonchev–Trinajstić information content (AvgIpc) is 3.14. The lowest BCUT2D eigenvalue weighted by molar-refractivity contribution is 0.0719. The van der Waals surface area contributed by atoms with E-state index in [1.54, 1.807) is 55.5 Å². The van der Waals surface area contributed by atoms with Crippen LogP contribution in [-0.4, -0.2) is 11.9 Å². The summed E-state index contributed by atoms with van der Waals surface area (Å²) in [5, 5.41) is 17.9. The number of rotatable bonds is 8. The molecule has 0 aliphatic rings. The van der Waals surface area contributed by atoms with Crippen LogP contribution in [0.4, 0.5) is 17.6 Å². The van der Waals surface area contributed by atoms with Crippen molar-refractivity contribution in [3.63, 3.8) is 0 Å². The number of hydrogen-bond acceptors (Lipinski definition) is 6. The second kappa shape index (κ2) is 14.8. The molecule has 0 fully saturated rings. The van der Waals surface area contributed by atoms with Crippen molar-refractivity contribution < 1.29 is 36.6 Å². The van der Waals surface area contributed by atoms with Crippen LogP contribution in [0.5, 0.6) is 11.5 Å². The highest BCUT2D eigenvalue weighted by Crippen LogP contribution is 2.31. The van der Waals surface area contributed by atoms with Gasteiger partial charge in [0, 0.05) is 29.2 Å². The lowest BCUT2D eigenvalue weighted by atomic mass is 9.91. The Morgan fingerprint density at radius 3 is 1.23 bits per heavy atom. The van der Waals surface area contributed by atoms with Crippen molar-refractivity contribution in [2.24, 2.45) is 0 Å². The Kier molecular flexibility index (Phi) is 9.93. The van der Waals surface area contributed by atoms with E-state index in [2.05, 4.69) is 0 Å². The summed E-state index contributed by atoms with van der Waals surface area (Å²) in [7, 11) is 0. The number of benzene rings is 6. The largest absolute Gasteiger partial charge is 0.423 e. The molecule has 6 aromatic rings. The predicted molar refractivity (Wildman–Crippen MR) is 183 cm³/mol. The van der Waals surface area contributed by atoms with E-state index in [1.807, 2.05) is 12.1 Å². The van der Waals surface area contributed by atoms with Gasteiger partial charge in [0.05, 0.1) is 34.4 Å². The number of esters is 2. The fourth-order valence-electron chi connectivity index (χ4n) is 5.48. The van der Waals surface area contributed by atoms with Gasteiger partial charge in [-0.3, -0.25) is 0 Å². The summed E-state index contributed by atoms with van der Waals surface area (Å²) >= 11 is 0. The number of nitriles is 2. The molecule has 0 heterocycles. The second-order valence-corrected chi connectivity index (χ2v) is 11.6. The van der Waals surface area contributed by atoms with E-state index in [9.17, 15) is 18.4 Å². The smallest absolute Gasteiger partial charge is 0.346 e. The maximum atomic E-state index is 15.2. The highest BCUT2D eigenvalue weighted by Gasteiger charge is 2.21. The maximum Gasteiger partial charge on any atom is 0.346 e. The lowest BCUT2D eigenvalue weighted by Gasteiger charge is -2.15. The molecule has 0 amide bonds.